The molecular formula is C26H29ClN2O4S. The summed E-state index contributed by atoms with van der Waals surface area (Å²) in [5, 5.41) is 3.02. The summed E-state index contributed by atoms with van der Waals surface area (Å²) in [4.78, 5) is 12.6. The molecule has 2 N–H and O–H groups in total. The molecule has 1 amide bonds. The molecule has 0 aliphatic heterocycles. The summed E-state index contributed by atoms with van der Waals surface area (Å²) in [6.07, 6.45) is 1.73. The highest BCUT2D eigenvalue weighted by Gasteiger charge is 2.16. The fourth-order valence-electron chi connectivity index (χ4n) is 3.26. The SMILES string of the molecule is Cc1ccc(S(=O)(=O)Nc2ccc(C(=O)NCCCc3ccc(OC(C)C)cc3)cc2Cl)cc1. The second-order valence-electron chi connectivity index (χ2n) is 8.28. The lowest BCUT2D eigenvalue weighted by Crippen LogP contribution is -2.24. The van der Waals surface area contributed by atoms with Gasteiger partial charge in [-0.05, 0) is 81.6 Å². The van der Waals surface area contributed by atoms with Crippen LogP contribution in [0.15, 0.2) is 71.6 Å². The molecule has 0 aliphatic rings. The van der Waals surface area contributed by atoms with Gasteiger partial charge in [0.15, 0.2) is 0 Å². The number of amides is 1. The standard InChI is InChI=1S/C26H29ClN2O4S/c1-18(2)33-22-11-8-20(9-12-22)5-4-16-28-26(30)21-10-15-25(24(27)17-21)29-34(31,32)23-13-6-19(3)7-14-23/h6-15,17-18,29H,4-5,16H2,1-3H3,(H,28,30). The number of carbonyl (C=O) groups is 1. The maximum Gasteiger partial charge on any atom is 0.261 e. The van der Waals surface area contributed by atoms with Crippen molar-refractivity contribution >= 4 is 33.2 Å². The number of sulfonamides is 1. The molecule has 3 aromatic rings. The Kier molecular flexibility index (Phi) is 8.58. The molecule has 0 saturated carbocycles. The van der Waals surface area contributed by atoms with Crippen molar-refractivity contribution in [3.63, 3.8) is 0 Å². The number of nitrogens with one attached hydrogen (secondary N) is 2. The Hall–Kier alpha value is -3.03. The van der Waals surface area contributed by atoms with Crippen molar-refractivity contribution in [3.8, 4) is 5.75 Å². The number of benzene rings is 3. The van der Waals surface area contributed by atoms with Crippen LogP contribution in [0.1, 0.15) is 41.8 Å². The first kappa shape index (κ1) is 25.6. The van der Waals surface area contributed by atoms with Gasteiger partial charge in [0.25, 0.3) is 15.9 Å². The average Bonchev–Trinajstić information content (AvgIpc) is 2.79. The third-order valence-electron chi connectivity index (χ3n) is 5.03. The Morgan fingerprint density at radius 3 is 2.29 bits per heavy atom. The number of hydrogen-bond donors (Lipinski definition) is 2. The van der Waals surface area contributed by atoms with E-state index in [1.807, 2.05) is 45.0 Å². The van der Waals surface area contributed by atoms with E-state index < -0.39 is 10.0 Å². The number of hydrogen-bond acceptors (Lipinski definition) is 4. The molecule has 0 saturated heterocycles. The Morgan fingerprint density at radius 1 is 1.00 bits per heavy atom. The zero-order chi connectivity index (χ0) is 24.7. The lowest BCUT2D eigenvalue weighted by atomic mass is 10.1. The Balaban J connectivity index is 1.52. The number of carbonyl (C=O) groups excluding carboxylic acids is 1. The predicted octanol–water partition coefficient (Wildman–Crippen LogP) is 5.60. The van der Waals surface area contributed by atoms with Gasteiger partial charge in [0, 0.05) is 12.1 Å². The lowest BCUT2D eigenvalue weighted by Gasteiger charge is -2.12. The molecule has 0 bridgehead atoms. The van der Waals surface area contributed by atoms with E-state index in [2.05, 4.69) is 10.0 Å². The van der Waals surface area contributed by atoms with E-state index in [1.165, 1.54) is 29.8 Å². The fourth-order valence-corrected chi connectivity index (χ4v) is 4.63. The summed E-state index contributed by atoms with van der Waals surface area (Å²) < 4.78 is 33.3. The highest BCUT2D eigenvalue weighted by molar-refractivity contribution is 7.92. The van der Waals surface area contributed by atoms with Crippen LogP contribution in [0.4, 0.5) is 5.69 Å². The number of rotatable bonds is 10. The molecule has 0 radical (unpaired) electrons. The summed E-state index contributed by atoms with van der Waals surface area (Å²) in [5.74, 6) is 0.573. The molecule has 8 heteroatoms. The van der Waals surface area contributed by atoms with Crippen molar-refractivity contribution in [2.45, 2.75) is 44.6 Å². The van der Waals surface area contributed by atoms with Gasteiger partial charge in [-0.1, -0.05) is 41.4 Å². The molecule has 0 heterocycles. The molecule has 180 valence electrons. The van der Waals surface area contributed by atoms with Gasteiger partial charge in [0.2, 0.25) is 0 Å². The number of ether oxygens (including phenoxy) is 1. The monoisotopic (exact) mass is 500 g/mol. The van der Waals surface area contributed by atoms with E-state index in [0.29, 0.717) is 12.1 Å². The van der Waals surface area contributed by atoms with Crippen molar-refractivity contribution in [2.24, 2.45) is 0 Å². The summed E-state index contributed by atoms with van der Waals surface area (Å²) in [5.41, 5.74) is 2.70. The molecule has 3 rings (SSSR count). The highest BCUT2D eigenvalue weighted by Crippen LogP contribution is 2.26. The van der Waals surface area contributed by atoms with Crippen LogP contribution < -0.4 is 14.8 Å². The first-order valence-electron chi connectivity index (χ1n) is 11.1. The van der Waals surface area contributed by atoms with Gasteiger partial charge in [-0.3, -0.25) is 9.52 Å². The first-order valence-corrected chi connectivity index (χ1v) is 12.9. The zero-order valence-electron chi connectivity index (χ0n) is 19.5. The van der Waals surface area contributed by atoms with Crippen LogP contribution in [0.25, 0.3) is 0 Å². The van der Waals surface area contributed by atoms with Crippen LogP contribution in [0, 0.1) is 6.92 Å². The number of aryl methyl sites for hydroxylation is 2. The third-order valence-corrected chi connectivity index (χ3v) is 6.72. The average molecular weight is 501 g/mol. The summed E-state index contributed by atoms with van der Waals surface area (Å²) >= 11 is 6.26. The second-order valence-corrected chi connectivity index (χ2v) is 10.4. The van der Waals surface area contributed by atoms with Crippen LogP contribution >= 0.6 is 11.6 Å². The second kappa shape index (κ2) is 11.4. The van der Waals surface area contributed by atoms with Crippen molar-refractivity contribution < 1.29 is 17.9 Å². The molecule has 6 nitrogen and oxygen atoms in total. The smallest absolute Gasteiger partial charge is 0.261 e. The molecule has 3 aromatic carbocycles. The Morgan fingerprint density at radius 2 is 1.68 bits per heavy atom. The minimum Gasteiger partial charge on any atom is -0.491 e. The first-order chi connectivity index (χ1) is 16.1. The van der Waals surface area contributed by atoms with Gasteiger partial charge in [0.1, 0.15) is 5.75 Å². The number of anilines is 1. The van der Waals surface area contributed by atoms with E-state index in [-0.39, 0.29) is 27.6 Å². The highest BCUT2D eigenvalue weighted by atomic mass is 35.5. The van der Waals surface area contributed by atoms with Gasteiger partial charge in [-0.2, -0.15) is 0 Å². The molecular weight excluding hydrogens is 472 g/mol. The van der Waals surface area contributed by atoms with Crippen LogP contribution in [0.3, 0.4) is 0 Å². The summed E-state index contributed by atoms with van der Waals surface area (Å²) in [7, 11) is -3.78. The fraction of sp³-hybridized carbons (Fsp3) is 0.269. The third kappa shape index (κ3) is 7.23. The normalized spacial score (nSPS) is 11.3. The van der Waals surface area contributed by atoms with Crippen LogP contribution in [-0.2, 0) is 16.4 Å². The van der Waals surface area contributed by atoms with Gasteiger partial charge in [-0.15, -0.1) is 0 Å². The zero-order valence-corrected chi connectivity index (χ0v) is 21.0. The molecule has 0 aliphatic carbocycles. The topological polar surface area (TPSA) is 84.5 Å². The van der Waals surface area contributed by atoms with Crippen molar-refractivity contribution in [2.75, 3.05) is 11.3 Å². The van der Waals surface area contributed by atoms with E-state index in [9.17, 15) is 13.2 Å². The molecule has 0 aromatic heterocycles. The summed E-state index contributed by atoms with van der Waals surface area (Å²) in [6, 6.07) is 18.9. The van der Waals surface area contributed by atoms with Gasteiger partial charge in [0.05, 0.1) is 21.7 Å². The molecule has 0 atom stereocenters. The van der Waals surface area contributed by atoms with E-state index in [1.54, 1.807) is 18.2 Å². The minimum absolute atomic E-state index is 0.136. The molecule has 0 spiro atoms. The maximum absolute atomic E-state index is 12.6. The van der Waals surface area contributed by atoms with E-state index >= 15 is 0 Å². The minimum atomic E-state index is -3.78. The Labute approximate surface area is 206 Å². The van der Waals surface area contributed by atoms with Crippen LogP contribution in [0.2, 0.25) is 5.02 Å². The number of halogens is 1. The predicted molar refractivity (Wildman–Crippen MR) is 136 cm³/mol. The van der Waals surface area contributed by atoms with E-state index in [4.69, 9.17) is 16.3 Å². The van der Waals surface area contributed by atoms with Gasteiger partial charge >= 0.3 is 0 Å². The van der Waals surface area contributed by atoms with Gasteiger partial charge in [-0.25, -0.2) is 8.42 Å². The van der Waals surface area contributed by atoms with Gasteiger partial charge < -0.3 is 10.1 Å². The lowest BCUT2D eigenvalue weighted by molar-refractivity contribution is 0.0953. The van der Waals surface area contributed by atoms with Crippen LogP contribution in [-0.4, -0.2) is 27.0 Å². The molecule has 0 unspecified atom stereocenters. The Bertz CT molecular complexity index is 1220. The summed E-state index contributed by atoms with van der Waals surface area (Å²) in [6.45, 7) is 6.36. The van der Waals surface area contributed by atoms with Crippen molar-refractivity contribution in [3.05, 3.63) is 88.4 Å². The molecule has 0 fully saturated rings. The largest absolute Gasteiger partial charge is 0.491 e. The quantitative estimate of drug-likeness (QED) is 0.355. The van der Waals surface area contributed by atoms with Crippen molar-refractivity contribution in [1.29, 1.82) is 0 Å². The maximum atomic E-state index is 12.6. The van der Waals surface area contributed by atoms with Crippen molar-refractivity contribution in [1.82, 2.24) is 5.32 Å². The van der Waals surface area contributed by atoms with Crippen LogP contribution in [0.5, 0.6) is 5.75 Å². The van der Waals surface area contributed by atoms with E-state index in [0.717, 1.165) is 24.2 Å². The molecule has 34 heavy (non-hydrogen) atoms.